The molecule has 0 saturated carbocycles. The van der Waals surface area contributed by atoms with Gasteiger partial charge in [0, 0.05) is 25.2 Å². The lowest BCUT2D eigenvalue weighted by atomic mass is 10.1. The number of benzene rings is 1. The fourth-order valence-corrected chi connectivity index (χ4v) is 1.96. The molecule has 0 atom stereocenters. The van der Waals surface area contributed by atoms with Crippen LogP contribution in [0.2, 0.25) is 0 Å². The highest BCUT2D eigenvalue weighted by Crippen LogP contribution is 2.17. The number of nitrogens with zero attached hydrogens (tertiary/aromatic N) is 1. The number of carbonyl (C=O) groups excluding carboxylic acids is 1. The average Bonchev–Trinajstić information content (AvgIpc) is 2.39. The van der Waals surface area contributed by atoms with Crippen molar-refractivity contribution < 1.29 is 4.79 Å². The van der Waals surface area contributed by atoms with E-state index in [0.29, 0.717) is 13.0 Å². The Morgan fingerprint density at radius 1 is 1.20 bits per heavy atom. The number of anilines is 1. The van der Waals surface area contributed by atoms with Gasteiger partial charge in [-0.05, 0) is 58.1 Å². The molecule has 0 aliphatic heterocycles. The molecule has 112 valence electrons. The third-order valence-electron chi connectivity index (χ3n) is 3.38. The number of rotatable bonds is 8. The van der Waals surface area contributed by atoms with Crippen molar-refractivity contribution in [2.75, 3.05) is 39.0 Å². The molecule has 0 aliphatic carbocycles. The lowest BCUT2D eigenvalue weighted by molar-refractivity contribution is -0.120. The van der Waals surface area contributed by atoms with Gasteiger partial charge in [0.25, 0.3) is 0 Å². The molecule has 0 bridgehead atoms. The van der Waals surface area contributed by atoms with Gasteiger partial charge in [0.15, 0.2) is 0 Å². The molecule has 1 aromatic carbocycles. The minimum Gasteiger partial charge on any atom is -0.384 e. The van der Waals surface area contributed by atoms with E-state index in [2.05, 4.69) is 41.5 Å². The predicted octanol–water partition coefficient (Wildman–Crippen LogP) is 2.17. The van der Waals surface area contributed by atoms with E-state index in [-0.39, 0.29) is 5.91 Å². The normalized spacial score (nSPS) is 10.7. The summed E-state index contributed by atoms with van der Waals surface area (Å²) in [6.07, 6.45) is 1.50. The minimum atomic E-state index is 0.113. The van der Waals surface area contributed by atoms with E-state index in [1.807, 2.05) is 20.2 Å². The Labute approximate surface area is 122 Å². The van der Waals surface area contributed by atoms with E-state index in [1.54, 1.807) is 0 Å². The Morgan fingerprint density at radius 3 is 2.65 bits per heavy atom. The van der Waals surface area contributed by atoms with Gasteiger partial charge in [-0.3, -0.25) is 4.79 Å². The van der Waals surface area contributed by atoms with Crippen molar-refractivity contribution in [1.82, 2.24) is 10.2 Å². The van der Waals surface area contributed by atoms with Gasteiger partial charge >= 0.3 is 0 Å². The van der Waals surface area contributed by atoms with Gasteiger partial charge in [0.05, 0.1) is 0 Å². The van der Waals surface area contributed by atoms with Crippen LogP contribution in [0.1, 0.15) is 24.0 Å². The quantitative estimate of drug-likeness (QED) is 0.716. The van der Waals surface area contributed by atoms with Crippen LogP contribution in [-0.2, 0) is 4.79 Å². The number of nitrogens with one attached hydrogen (secondary N) is 2. The molecule has 0 saturated heterocycles. The van der Waals surface area contributed by atoms with Crippen LogP contribution in [0.4, 0.5) is 5.69 Å². The molecular weight excluding hydrogens is 250 g/mol. The molecule has 0 heterocycles. The zero-order valence-electron chi connectivity index (χ0n) is 13.1. The maximum atomic E-state index is 11.7. The van der Waals surface area contributed by atoms with Crippen molar-refractivity contribution in [3.05, 3.63) is 29.3 Å². The molecule has 0 aromatic heterocycles. The first kappa shape index (κ1) is 16.5. The SMILES string of the molecule is Cc1cccc(NCCC(=O)NCCCN(C)C)c1C. The highest BCUT2D eigenvalue weighted by Gasteiger charge is 2.03. The third-order valence-corrected chi connectivity index (χ3v) is 3.38. The highest BCUT2D eigenvalue weighted by molar-refractivity contribution is 5.76. The Bertz CT molecular complexity index is 430. The first-order valence-corrected chi connectivity index (χ1v) is 7.22. The summed E-state index contributed by atoms with van der Waals surface area (Å²) >= 11 is 0. The maximum Gasteiger partial charge on any atom is 0.221 e. The van der Waals surface area contributed by atoms with Crippen LogP contribution in [0.5, 0.6) is 0 Å². The summed E-state index contributed by atoms with van der Waals surface area (Å²) in [5.41, 5.74) is 3.63. The Kier molecular flexibility index (Phi) is 7.09. The minimum absolute atomic E-state index is 0.113. The molecular formula is C16H27N3O. The second kappa shape index (κ2) is 8.59. The molecule has 0 aliphatic rings. The summed E-state index contributed by atoms with van der Waals surface area (Å²) in [7, 11) is 4.08. The van der Waals surface area contributed by atoms with Crippen LogP contribution in [-0.4, -0.2) is 44.5 Å². The van der Waals surface area contributed by atoms with Crippen LogP contribution in [0.25, 0.3) is 0 Å². The van der Waals surface area contributed by atoms with Crippen molar-refractivity contribution in [3.63, 3.8) is 0 Å². The monoisotopic (exact) mass is 277 g/mol. The highest BCUT2D eigenvalue weighted by atomic mass is 16.1. The summed E-state index contributed by atoms with van der Waals surface area (Å²) < 4.78 is 0. The average molecular weight is 277 g/mol. The zero-order valence-corrected chi connectivity index (χ0v) is 13.1. The van der Waals surface area contributed by atoms with Gasteiger partial charge < -0.3 is 15.5 Å². The van der Waals surface area contributed by atoms with Crippen molar-refractivity contribution in [2.24, 2.45) is 0 Å². The van der Waals surface area contributed by atoms with E-state index in [9.17, 15) is 4.79 Å². The molecule has 1 amide bonds. The summed E-state index contributed by atoms with van der Waals surface area (Å²) in [4.78, 5) is 13.8. The first-order chi connectivity index (χ1) is 9.50. The van der Waals surface area contributed by atoms with Crippen molar-refractivity contribution in [1.29, 1.82) is 0 Å². The largest absolute Gasteiger partial charge is 0.384 e. The lowest BCUT2D eigenvalue weighted by Crippen LogP contribution is -2.28. The Balaban J connectivity index is 2.20. The van der Waals surface area contributed by atoms with Crippen LogP contribution in [0.15, 0.2) is 18.2 Å². The zero-order chi connectivity index (χ0) is 15.0. The number of amides is 1. The summed E-state index contributed by atoms with van der Waals surface area (Å²) in [5.74, 6) is 0.113. The maximum absolute atomic E-state index is 11.7. The predicted molar refractivity (Wildman–Crippen MR) is 85.2 cm³/mol. The fraction of sp³-hybridized carbons (Fsp3) is 0.562. The molecule has 1 aromatic rings. The van der Waals surface area contributed by atoms with Gasteiger partial charge in [0.1, 0.15) is 0 Å². The molecule has 20 heavy (non-hydrogen) atoms. The lowest BCUT2D eigenvalue weighted by Gasteiger charge is -2.12. The molecule has 0 radical (unpaired) electrons. The van der Waals surface area contributed by atoms with E-state index in [4.69, 9.17) is 0 Å². The number of hydrogen-bond donors (Lipinski definition) is 2. The summed E-state index contributed by atoms with van der Waals surface area (Å²) in [6.45, 7) is 6.61. The van der Waals surface area contributed by atoms with E-state index in [1.165, 1.54) is 11.1 Å². The van der Waals surface area contributed by atoms with Gasteiger partial charge in [-0.15, -0.1) is 0 Å². The van der Waals surface area contributed by atoms with E-state index >= 15 is 0 Å². The summed E-state index contributed by atoms with van der Waals surface area (Å²) in [6, 6.07) is 6.18. The number of carbonyl (C=O) groups is 1. The van der Waals surface area contributed by atoms with Gasteiger partial charge in [-0.25, -0.2) is 0 Å². The number of hydrogen-bond acceptors (Lipinski definition) is 3. The fourth-order valence-electron chi connectivity index (χ4n) is 1.96. The Morgan fingerprint density at radius 2 is 1.95 bits per heavy atom. The van der Waals surface area contributed by atoms with Crippen molar-refractivity contribution in [3.8, 4) is 0 Å². The van der Waals surface area contributed by atoms with Gasteiger partial charge in [0.2, 0.25) is 5.91 Å². The van der Waals surface area contributed by atoms with Crippen molar-refractivity contribution in [2.45, 2.75) is 26.7 Å². The smallest absolute Gasteiger partial charge is 0.221 e. The number of aryl methyl sites for hydroxylation is 1. The van der Waals surface area contributed by atoms with Gasteiger partial charge in [-0.1, -0.05) is 12.1 Å². The van der Waals surface area contributed by atoms with Crippen LogP contribution < -0.4 is 10.6 Å². The van der Waals surface area contributed by atoms with Crippen LogP contribution in [0.3, 0.4) is 0 Å². The molecule has 2 N–H and O–H groups in total. The van der Waals surface area contributed by atoms with E-state index in [0.717, 1.165) is 25.2 Å². The van der Waals surface area contributed by atoms with Crippen LogP contribution >= 0.6 is 0 Å². The molecule has 1 rings (SSSR count). The Hall–Kier alpha value is -1.55. The van der Waals surface area contributed by atoms with Crippen LogP contribution in [0, 0.1) is 13.8 Å². The molecule has 4 heteroatoms. The molecule has 4 nitrogen and oxygen atoms in total. The second-order valence-corrected chi connectivity index (χ2v) is 5.43. The van der Waals surface area contributed by atoms with Crippen molar-refractivity contribution >= 4 is 11.6 Å². The van der Waals surface area contributed by atoms with E-state index < -0.39 is 0 Å². The topological polar surface area (TPSA) is 44.4 Å². The molecule has 0 unspecified atom stereocenters. The molecule has 0 fully saturated rings. The third kappa shape index (κ3) is 6.06. The first-order valence-electron chi connectivity index (χ1n) is 7.22. The van der Waals surface area contributed by atoms with Gasteiger partial charge in [-0.2, -0.15) is 0 Å². The summed E-state index contributed by atoms with van der Waals surface area (Å²) in [5, 5.41) is 6.27. The standard InChI is InChI=1S/C16H27N3O/c1-13-7-5-8-15(14(13)2)17-11-9-16(20)18-10-6-12-19(3)4/h5,7-8,17H,6,9-12H2,1-4H3,(H,18,20). The molecule has 0 spiro atoms. The second-order valence-electron chi connectivity index (χ2n) is 5.43.